The molecule has 8 nitrogen and oxygen atoms in total. The molecule has 2 heterocycles. The van der Waals surface area contributed by atoms with Gasteiger partial charge in [0.1, 0.15) is 18.1 Å². The number of pyridine rings is 1. The number of aryl methyl sites for hydroxylation is 1. The van der Waals surface area contributed by atoms with Crippen molar-refractivity contribution in [1.82, 2.24) is 14.5 Å². The number of phenolic OH excluding ortho intramolecular Hbond substituents is 1. The quantitative estimate of drug-likeness (QED) is 0.324. The first-order chi connectivity index (χ1) is 17.3. The number of rotatable bonds is 8. The maximum Gasteiger partial charge on any atom is 0.340 e. The number of ether oxygens (including phenoxy) is 2. The van der Waals surface area contributed by atoms with Crippen LogP contribution in [0.1, 0.15) is 34.1 Å². The Bertz CT molecular complexity index is 1440. The Balaban J connectivity index is 0.00000380. The molecule has 2 aromatic heterocycles. The van der Waals surface area contributed by atoms with Crippen LogP contribution in [0.4, 0.5) is 0 Å². The number of aromatic nitrogens is 2. The summed E-state index contributed by atoms with van der Waals surface area (Å²) in [6, 6.07) is 14.4. The Morgan fingerprint density at radius 3 is 2.54 bits per heavy atom. The Morgan fingerprint density at radius 2 is 1.95 bits per heavy atom. The lowest BCUT2D eigenvalue weighted by Crippen LogP contribution is -2.13. The van der Waals surface area contributed by atoms with Crippen molar-refractivity contribution in [2.24, 2.45) is 7.05 Å². The maximum absolute atomic E-state index is 13.3. The molecule has 37 heavy (non-hydrogen) atoms. The second kappa shape index (κ2) is 11.8. The van der Waals surface area contributed by atoms with Crippen LogP contribution in [-0.2, 0) is 24.9 Å². The Morgan fingerprint density at radius 1 is 1.22 bits per heavy atom. The Labute approximate surface area is 222 Å². The molecule has 0 spiro atoms. The average molecular weight is 521 g/mol. The highest BCUT2D eigenvalue weighted by Crippen LogP contribution is 2.41. The van der Waals surface area contributed by atoms with Crippen molar-refractivity contribution in [2.45, 2.75) is 20.1 Å². The first kappa shape index (κ1) is 27.5. The van der Waals surface area contributed by atoms with E-state index in [-0.39, 0.29) is 31.4 Å². The van der Waals surface area contributed by atoms with Gasteiger partial charge >= 0.3 is 5.97 Å². The lowest BCUT2D eigenvalue weighted by molar-refractivity contribution is 0.0525. The van der Waals surface area contributed by atoms with Crippen molar-refractivity contribution in [1.29, 1.82) is 5.26 Å². The fourth-order valence-electron chi connectivity index (χ4n) is 4.30. The molecule has 0 unspecified atom stereocenters. The molecule has 0 saturated carbocycles. The van der Waals surface area contributed by atoms with Gasteiger partial charge in [0.05, 0.1) is 35.0 Å². The SMILES string of the molecule is CCOC(=O)c1c(COc2ccc(C#N)cc2)n(C)c2cc(-c3cccnc3)c(O)c(CN(C)C)c12.Cl. The third-order valence-electron chi connectivity index (χ3n) is 5.97. The summed E-state index contributed by atoms with van der Waals surface area (Å²) in [7, 11) is 5.68. The number of aromatic hydroxyl groups is 1. The maximum atomic E-state index is 13.3. The number of benzene rings is 2. The largest absolute Gasteiger partial charge is 0.507 e. The highest BCUT2D eigenvalue weighted by atomic mass is 35.5. The molecule has 1 N–H and O–H groups in total. The number of nitrogens with zero attached hydrogens (tertiary/aromatic N) is 4. The van der Waals surface area contributed by atoms with Crippen molar-refractivity contribution in [3.05, 3.63) is 77.2 Å². The van der Waals surface area contributed by atoms with Gasteiger partial charge in [0.25, 0.3) is 0 Å². The second-order valence-corrected chi connectivity index (χ2v) is 8.65. The molecular formula is C28H29ClN4O4. The minimum absolute atomic E-state index is 0. The van der Waals surface area contributed by atoms with Crippen molar-refractivity contribution in [3.8, 4) is 28.7 Å². The van der Waals surface area contributed by atoms with Crippen LogP contribution >= 0.6 is 12.4 Å². The van der Waals surface area contributed by atoms with Crippen molar-refractivity contribution < 1.29 is 19.4 Å². The van der Waals surface area contributed by atoms with E-state index in [9.17, 15) is 9.90 Å². The molecule has 0 saturated heterocycles. The minimum atomic E-state index is -0.477. The van der Waals surface area contributed by atoms with Gasteiger partial charge in [-0.2, -0.15) is 5.26 Å². The van der Waals surface area contributed by atoms with Crippen LogP contribution in [0.15, 0.2) is 54.9 Å². The highest BCUT2D eigenvalue weighted by molar-refractivity contribution is 6.09. The number of phenols is 1. The number of fused-ring (bicyclic) bond motifs is 1. The summed E-state index contributed by atoms with van der Waals surface area (Å²) in [5.74, 6) is 0.191. The lowest BCUT2D eigenvalue weighted by Gasteiger charge is -2.17. The van der Waals surface area contributed by atoms with E-state index in [1.54, 1.807) is 43.6 Å². The Kier molecular flexibility index (Phi) is 8.77. The Hall–Kier alpha value is -4.06. The summed E-state index contributed by atoms with van der Waals surface area (Å²) in [4.78, 5) is 19.4. The van der Waals surface area contributed by atoms with Crippen LogP contribution in [0.3, 0.4) is 0 Å². The first-order valence-corrected chi connectivity index (χ1v) is 11.6. The van der Waals surface area contributed by atoms with E-state index in [1.165, 1.54) is 0 Å². The molecule has 4 aromatic rings. The zero-order valence-electron chi connectivity index (χ0n) is 21.2. The molecule has 0 radical (unpaired) electrons. The fraction of sp³-hybridized carbons (Fsp3) is 0.250. The van der Waals surface area contributed by atoms with Gasteiger partial charge < -0.3 is 24.0 Å². The van der Waals surface area contributed by atoms with E-state index in [0.717, 1.165) is 11.1 Å². The van der Waals surface area contributed by atoms with Gasteiger partial charge in [0.2, 0.25) is 0 Å². The van der Waals surface area contributed by atoms with E-state index >= 15 is 0 Å². The van der Waals surface area contributed by atoms with E-state index in [1.807, 2.05) is 48.8 Å². The van der Waals surface area contributed by atoms with Gasteiger partial charge in [-0.25, -0.2) is 4.79 Å². The molecule has 192 valence electrons. The summed E-state index contributed by atoms with van der Waals surface area (Å²) < 4.78 is 13.4. The predicted molar refractivity (Wildman–Crippen MR) is 144 cm³/mol. The van der Waals surface area contributed by atoms with Crippen LogP contribution < -0.4 is 4.74 Å². The fourth-order valence-corrected chi connectivity index (χ4v) is 4.30. The third-order valence-corrected chi connectivity index (χ3v) is 5.97. The summed E-state index contributed by atoms with van der Waals surface area (Å²) in [6.07, 6.45) is 3.38. The van der Waals surface area contributed by atoms with Crippen molar-refractivity contribution >= 4 is 29.3 Å². The van der Waals surface area contributed by atoms with Crippen molar-refractivity contribution in [3.63, 3.8) is 0 Å². The molecule has 0 atom stereocenters. The zero-order chi connectivity index (χ0) is 25.8. The zero-order valence-corrected chi connectivity index (χ0v) is 22.0. The molecule has 0 bridgehead atoms. The summed E-state index contributed by atoms with van der Waals surface area (Å²) >= 11 is 0. The van der Waals surface area contributed by atoms with Crippen LogP contribution in [-0.4, -0.2) is 46.2 Å². The van der Waals surface area contributed by atoms with Gasteiger partial charge in [-0.05, 0) is 57.4 Å². The minimum Gasteiger partial charge on any atom is -0.507 e. The van der Waals surface area contributed by atoms with Crippen LogP contribution in [0.25, 0.3) is 22.0 Å². The molecule has 0 aliphatic carbocycles. The van der Waals surface area contributed by atoms with Crippen LogP contribution in [0.5, 0.6) is 11.5 Å². The monoisotopic (exact) mass is 520 g/mol. The molecule has 0 aliphatic heterocycles. The second-order valence-electron chi connectivity index (χ2n) is 8.65. The molecule has 9 heteroatoms. The van der Waals surface area contributed by atoms with Crippen LogP contribution in [0, 0.1) is 11.3 Å². The molecule has 0 fully saturated rings. The number of carbonyl (C=O) groups excluding carboxylic acids is 1. The first-order valence-electron chi connectivity index (χ1n) is 11.6. The number of hydrogen-bond donors (Lipinski definition) is 1. The smallest absolute Gasteiger partial charge is 0.340 e. The van der Waals surface area contributed by atoms with Gasteiger partial charge in [0.15, 0.2) is 0 Å². The molecule has 0 aliphatic rings. The summed E-state index contributed by atoms with van der Waals surface area (Å²) in [5.41, 5.74) is 4.31. The van der Waals surface area contributed by atoms with E-state index in [0.29, 0.717) is 45.6 Å². The standard InChI is InChI=1S/C28H28N4O4.ClH/c1-5-35-28(34)26-24(17-36-20-10-8-18(14-29)9-11-20)32(4)23-13-21(19-7-6-12-30-15-19)27(33)22(25(23)26)16-31(2)3;/h6-13,15,33H,5,16-17H2,1-4H3;1H. The average Bonchev–Trinajstić information content (AvgIpc) is 3.16. The number of nitriles is 1. The normalized spacial score (nSPS) is 10.7. The van der Waals surface area contributed by atoms with Gasteiger partial charge in [-0.15, -0.1) is 12.4 Å². The van der Waals surface area contributed by atoms with Crippen molar-refractivity contribution in [2.75, 3.05) is 20.7 Å². The predicted octanol–water partition coefficient (Wildman–Crippen LogP) is 5.06. The summed E-state index contributed by atoms with van der Waals surface area (Å²) in [5, 5.41) is 21.1. The number of hydrogen-bond acceptors (Lipinski definition) is 7. The van der Waals surface area contributed by atoms with Gasteiger partial charge in [0, 0.05) is 48.1 Å². The van der Waals surface area contributed by atoms with Crippen LogP contribution in [0.2, 0.25) is 0 Å². The lowest BCUT2D eigenvalue weighted by atomic mass is 9.96. The highest BCUT2D eigenvalue weighted by Gasteiger charge is 2.28. The topological polar surface area (TPSA) is 101 Å². The number of esters is 1. The molecule has 4 rings (SSSR count). The van der Waals surface area contributed by atoms with E-state index < -0.39 is 5.97 Å². The van der Waals surface area contributed by atoms with Gasteiger partial charge in [-0.1, -0.05) is 6.07 Å². The van der Waals surface area contributed by atoms with Gasteiger partial charge in [-0.3, -0.25) is 4.98 Å². The molecular weight excluding hydrogens is 492 g/mol. The molecule has 2 aromatic carbocycles. The number of halogens is 1. The molecule has 0 amide bonds. The van der Waals surface area contributed by atoms with E-state index in [2.05, 4.69) is 11.1 Å². The third kappa shape index (κ3) is 5.53. The van der Waals surface area contributed by atoms with E-state index in [4.69, 9.17) is 14.7 Å². The summed E-state index contributed by atoms with van der Waals surface area (Å²) in [6.45, 7) is 2.47. The number of carbonyl (C=O) groups is 1.